The van der Waals surface area contributed by atoms with Gasteiger partial charge in [-0.1, -0.05) is 30.3 Å². The topological polar surface area (TPSA) is 141 Å². The molecular weight excluding hydrogens is 460 g/mol. The van der Waals surface area contributed by atoms with Crippen molar-refractivity contribution in [3.63, 3.8) is 0 Å². The number of aromatic nitrogens is 3. The number of nitrogen functional groups attached to an aromatic ring is 1. The van der Waals surface area contributed by atoms with Crippen molar-refractivity contribution >= 4 is 27.9 Å². The van der Waals surface area contributed by atoms with Crippen molar-refractivity contribution in [3.8, 4) is 5.75 Å². The van der Waals surface area contributed by atoms with Gasteiger partial charge in [0.05, 0.1) is 12.7 Å². The Kier molecular flexibility index (Phi) is 7.64. The lowest BCUT2D eigenvalue weighted by molar-refractivity contribution is 0.0461. The molecule has 2 aromatic carbocycles. The van der Waals surface area contributed by atoms with Gasteiger partial charge in [0.25, 0.3) is 0 Å². The molecule has 0 unspecified atom stereocenters. The Labute approximate surface area is 198 Å². The van der Waals surface area contributed by atoms with Gasteiger partial charge in [0.15, 0.2) is 12.4 Å². The molecule has 180 valence electrons. The molecule has 3 aromatic rings. The maximum Gasteiger partial charge on any atom is 0.338 e. The Hall–Kier alpha value is -3.77. The zero-order valence-corrected chi connectivity index (χ0v) is 20.1. The molecule has 0 bridgehead atoms. The number of rotatable bonds is 9. The number of nitrogens with two attached hydrogens (primary N) is 1. The van der Waals surface area contributed by atoms with Gasteiger partial charge in [0, 0.05) is 27.7 Å². The number of ether oxygens (including phenoxy) is 2. The minimum atomic E-state index is -3.98. The predicted octanol–water partition coefficient (Wildman–Crippen LogP) is 1.71. The number of nitrogens with zero attached hydrogens (tertiary/aromatic N) is 5. The van der Waals surface area contributed by atoms with Crippen LogP contribution in [0.3, 0.4) is 0 Å². The van der Waals surface area contributed by atoms with E-state index < -0.39 is 16.0 Å². The maximum absolute atomic E-state index is 13.3. The molecule has 0 amide bonds. The second-order valence-corrected chi connectivity index (χ2v) is 9.51. The Bertz CT molecular complexity index is 1270. The van der Waals surface area contributed by atoms with Crippen molar-refractivity contribution in [1.82, 2.24) is 19.3 Å². The summed E-state index contributed by atoms with van der Waals surface area (Å²) in [6, 6.07) is 13.2. The molecule has 0 aliphatic rings. The van der Waals surface area contributed by atoms with Crippen molar-refractivity contribution < 1.29 is 22.7 Å². The van der Waals surface area contributed by atoms with Gasteiger partial charge in [-0.05, 0) is 23.8 Å². The molecule has 34 heavy (non-hydrogen) atoms. The first-order chi connectivity index (χ1) is 16.1. The molecule has 3 rings (SSSR count). The first-order valence-electron chi connectivity index (χ1n) is 10.1. The summed E-state index contributed by atoms with van der Waals surface area (Å²) in [5.74, 6) is -0.178. The molecule has 0 aliphatic carbocycles. The van der Waals surface area contributed by atoms with E-state index in [1.165, 1.54) is 36.7 Å². The van der Waals surface area contributed by atoms with E-state index in [-0.39, 0.29) is 41.1 Å². The molecule has 12 heteroatoms. The van der Waals surface area contributed by atoms with Crippen molar-refractivity contribution in [1.29, 1.82) is 0 Å². The van der Waals surface area contributed by atoms with Crippen LogP contribution in [0.5, 0.6) is 5.75 Å². The van der Waals surface area contributed by atoms with Crippen LogP contribution in [0.25, 0.3) is 0 Å². The number of anilines is 2. The molecule has 1 heterocycles. The molecule has 0 atom stereocenters. The van der Waals surface area contributed by atoms with Crippen LogP contribution in [-0.2, 0) is 27.9 Å². The molecule has 2 N–H and O–H groups in total. The second kappa shape index (κ2) is 10.4. The molecule has 0 aliphatic heterocycles. The van der Waals surface area contributed by atoms with E-state index in [0.717, 1.165) is 5.56 Å². The summed E-state index contributed by atoms with van der Waals surface area (Å²) in [5.41, 5.74) is 6.53. The van der Waals surface area contributed by atoms with Gasteiger partial charge in [0.1, 0.15) is 10.6 Å². The van der Waals surface area contributed by atoms with Crippen LogP contribution in [0, 0.1) is 0 Å². The molecule has 0 saturated carbocycles. The van der Waals surface area contributed by atoms with Crippen molar-refractivity contribution in [2.24, 2.45) is 0 Å². The van der Waals surface area contributed by atoms with Gasteiger partial charge < -0.3 is 20.1 Å². The third kappa shape index (κ3) is 5.77. The van der Waals surface area contributed by atoms with Gasteiger partial charge >= 0.3 is 5.97 Å². The largest absolute Gasteiger partial charge is 0.495 e. The van der Waals surface area contributed by atoms with Gasteiger partial charge in [-0.15, -0.1) is 0 Å². The Morgan fingerprint density at radius 3 is 2.38 bits per heavy atom. The fourth-order valence-corrected chi connectivity index (χ4v) is 4.34. The third-order valence-electron chi connectivity index (χ3n) is 4.76. The van der Waals surface area contributed by atoms with Crippen LogP contribution in [0.15, 0.2) is 53.4 Å². The highest BCUT2D eigenvalue weighted by Crippen LogP contribution is 2.28. The quantitative estimate of drug-likeness (QED) is 0.444. The van der Waals surface area contributed by atoms with Crippen LogP contribution in [0.1, 0.15) is 21.7 Å². The first kappa shape index (κ1) is 24.9. The van der Waals surface area contributed by atoms with E-state index in [4.69, 9.17) is 15.2 Å². The number of carbonyl (C=O) groups excluding carboxylic acids is 1. The summed E-state index contributed by atoms with van der Waals surface area (Å²) in [6.07, 6.45) is 0. The minimum absolute atomic E-state index is 0.0102. The highest BCUT2D eigenvalue weighted by atomic mass is 32.2. The highest BCUT2D eigenvalue weighted by Gasteiger charge is 2.27. The van der Waals surface area contributed by atoms with E-state index in [1.807, 2.05) is 30.3 Å². The van der Waals surface area contributed by atoms with Crippen LogP contribution in [0.2, 0.25) is 0 Å². The standard InChI is InChI=1S/C22H26N6O5S/c1-27(2)22-25-19(24-21(23)26-22)14-33-20(29)16-10-11-17(32-4)18(12-16)34(30,31)28(3)13-15-8-6-5-7-9-15/h5-12H,13-14H2,1-4H3,(H2,23,24,25,26). The lowest BCUT2D eigenvalue weighted by Gasteiger charge is -2.19. The predicted molar refractivity (Wildman–Crippen MR) is 126 cm³/mol. The second-order valence-electron chi connectivity index (χ2n) is 7.49. The average molecular weight is 487 g/mol. The number of hydrogen-bond donors (Lipinski definition) is 1. The van der Waals surface area contributed by atoms with E-state index >= 15 is 0 Å². The third-order valence-corrected chi connectivity index (χ3v) is 6.58. The van der Waals surface area contributed by atoms with E-state index in [0.29, 0.717) is 5.95 Å². The zero-order chi connectivity index (χ0) is 24.9. The lowest BCUT2D eigenvalue weighted by Crippen LogP contribution is -2.27. The van der Waals surface area contributed by atoms with Gasteiger partial charge in [-0.2, -0.15) is 19.3 Å². The summed E-state index contributed by atoms with van der Waals surface area (Å²) < 4.78 is 38.2. The molecular formula is C22H26N6O5S. The van der Waals surface area contributed by atoms with Gasteiger partial charge in [-0.25, -0.2) is 13.2 Å². The zero-order valence-electron chi connectivity index (χ0n) is 19.3. The Morgan fingerprint density at radius 1 is 1.03 bits per heavy atom. The Balaban J connectivity index is 1.82. The number of benzene rings is 2. The normalized spacial score (nSPS) is 11.3. The fraction of sp³-hybridized carbons (Fsp3) is 0.273. The SMILES string of the molecule is COc1ccc(C(=O)OCc2nc(N)nc(N(C)C)n2)cc1S(=O)(=O)N(C)Cc1ccccc1. The number of sulfonamides is 1. The molecule has 0 spiro atoms. The Morgan fingerprint density at radius 2 is 1.74 bits per heavy atom. The fourth-order valence-electron chi connectivity index (χ4n) is 3.00. The number of esters is 1. The number of carbonyl (C=O) groups is 1. The van der Waals surface area contributed by atoms with Crippen molar-refractivity contribution in [2.45, 2.75) is 18.0 Å². The highest BCUT2D eigenvalue weighted by molar-refractivity contribution is 7.89. The monoisotopic (exact) mass is 486 g/mol. The van der Waals surface area contributed by atoms with Crippen LogP contribution in [-0.4, -0.2) is 61.9 Å². The van der Waals surface area contributed by atoms with Crippen molar-refractivity contribution in [2.75, 3.05) is 38.9 Å². The summed E-state index contributed by atoms with van der Waals surface area (Å²) in [5, 5.41) is 0. The average Bonchev–Trinajstić information content (AvgIpc) is 2.82. The molecule has 0 radical (unpaired) electrons. The van der Waals surface area contributed by atoms with Crippen LogP contribution in [0.4, 0.5) is 11.9 Å². The summed E-state index contributed by atoms with van der Waals surface area (Å²) in [6.45, 7) is -0.121. The van der Waals surface area contributed by atoms with E-state index in [9.17, 15) is 13.2 Å². The van der Waals surface area contributed by atoms with Gasteiger partial charge in [-0.3, -0.25) is 0 Å². The molecule has 1 aromatic heterocycles. The van der Waals surface area contributed by atoms with Crippen LogP contribution < -0.4 is 15.4 Å². The van der Waals surface area contributed by atoms with Crippen LogP contribution >= 0.6 is 0 Å². The molecule has 11 nitrogen and oxygen atoms in total. The summed E-state index contributed by atoms with van der Waals surface area (Å²) in [7, 11) is 2.31. The van der Waals surface area contributed by atoms with E-state index in [1.54, 1.807) is 19.0 Å². The maximum atomic E-state index is 13.3. The minimum Gasteiger partial charge on any atom is -0.495 e. The molecule has 0 fully saturated rings. The smallest absolute Gasteiger partial charge is 0.338 e. The molecule has 0 saturated heterocycles. The van der Waals surface area contributed by atoms with Gasteiger partial charge in [0.2, 0.25) is 21.9 Å². The summed E-state index contributed by atoms with van der Waals surface area (Å²) in [4.78, 5) is 26.3. The van der Waals surface area contributed by atoms with Crippen molar-refractivity contribution in [3.05, 3.63) is 65.5 Å². The van der Waals surface area contributed by atoms with E-state index in [2.05, 4.69) is 15.0 Å². The summed E-state index contributed by atoms with van der Waals surface area (Å²) >= 11 is 0. The number of methoxy groups -OCH3 is 1. The number of hydrogen-bond acceptors (Lipinski definition) is 10. The first-order valence-corrected chi connectivity index (χ1v) is 11.6. The lowest BCUT2D eigenvalue weighted by atomic mass is 10.2.